The van der Waals surface area contributed by atoms with E-state index in [2.05, 4.69) is 21.9 Å². The lowest BCUT2D eigenvalue weighted by Gasteiger charge is -2.02. The molecule has 0 radical (unpaired) electrons. The fraction of sp³-hybridized carbons (Fsp3) is 0.462. The zero-order chi connectivity index (χ0) is 15.3. The maximum atomic E-state index is 12.1. The van der Waals surface area contributed by atoms with Crippen LogP contribution in [0.4, 0.5) is 0 Å². The molecule has 0 bridgehead atoms. The van der Waals surface area contributed by atoms with Gasteiger partial charge in [-0.05, 0) is 32.0 Å². The fourth-order valence-electron chi connectivity index (χ4n) is 1.70. The van der Waals surface area contributed by atoms with E-state index < -0.39 is 10.0 Å². The Bertz CT molecular complexity index is 676. The SMILES string of the molecule is CCCNCc1ccc(S(=O)(=O)NCc2nc(C)cs2)o1. The Balaban J connectivity index is 1.95. The number of thiazole rings is 1. The second-order valence-electron chi connectivity index (χ2n) is 4.60. The van der Waals surface area contributed by atoms with Crippen molar-refractivity contribution in [2.75, 3.05) is 6.54 Å². The monoisotopic (exact) mass is 329 g/mol. The van der Waals surface area contributed by atoms with Gasteiger partial charge < -0.3 is 9.73 Å². The molecule has 0 aromatic carbocycles. The molecule has 0 aliphatic carbocycles. The van der Waals surface area contributed by atoms with Crippen LogP contribution in [0, 0.1) is 6.92 Å². The zero-order valence-corrected chi connectivity index (χ0v) is 13.7. The van der Waals surface area contributed by atoms with Crippen LogP contribution in [0.1, 0.15) is 29.8 Å². The molecule has 2 aromatic rings. The molecule has 6 nitrogen and oxygen atoms in total. The number of aromatic nitrogens is 1. The first kappa shape index (κ1) is 16.2. The minimum absolute atomic E-state index is 0.0657. The number of sulfonamides is 1. The van der Waals surface area contributed by atoms with Crippen molar-refractivity contribution in [1.82, 2.24) is 15.0 Å². The molecular formula is C13H19N3O3S2. The maximum absolute atomic E-state index is 12.1. The Kier molecular flexibility index (Phi) is 5.51. The molecule has 2 heterocycles. The molecule has 0 unspecified atom stereocenters. The summed E-state index contributed by atoms with van der Waals surface area (Å²) in [5.74, 6) is 0.605. The van der Waals surface area contributed by atoms with Gasteiger partial charge in [0.25, 0.3) is 10.0 Å². The lowest BCUT2D eigenvalue weighted by Crippen LogP contribution is -2.22. The summed E-state index contributed by atoms with van der Waals surface area (Å²) in [6.45, 7) is 5.50. The number of furan rings is 1. The van der Waals surface area contributed by atoms with Crippen molar-refractivity contribution in [2.45, 2.75) is 38.5 Å². The molecule has 0 fully saturated rings. The minimum Gasteiger partial charge on any atom is -0.447 e. The molecule has 2 N–H and O–H groups in total. The van der Waals surface area contributed by atoms with E-state index in [-0.39, 0.29) is 11.6 Å². The second kappa shape index (κ2) is 7.17. The Morgan fingerprint density at radius 2 is 2.14 bits per heavy atom. The first-order valence-corrected chi connectivity index (χ1v) is 9.07. The first-order valence-electron chi connectivity index (χ1n) is 6.71. The molecule has 0 saturated heterocycles. The van der Waals surface area contributed by atoms with Gasteiger partial charge in [0.2, 0.25) is 5.09 Å². The highest BCUT2D eigenvalue weighted by Gasteiger charge is 2.19. The number of hydrogen-bond acceptors (Lipinski definition) is 6. The molecule has 116 valence electrons. The van der Waals surface area contributed by atoms with Gasteiger partial charge in [0, 0.05) is 11.1 Å². The minimum atomic E-state index is -3.64. The standard InChI is InChI=1S/C13H19N3O3S2/c1-3-6-14-7-11-4-5-13(19-11)21(17,18)15-8-12-16-10(2)9-20-12/h4-5,9,14-15H,3,6-8H2,1-2H3. The number of nitrogens with zero attached hydrogens (tertiary/aromatic N) is 1. The second-order valence-corrected chi connectivity index (χ2v) is 7.25. The first-order chi connectivity index (χ1) is 10.0. The lowest BCUT2D eigenvalue weighted by atomic mass is 10.4. The van der Waals surface area contributed by atoms with E-state index in [0.717, 1.165) is 23.7 Å². The van der Waals surface area contributed by atoms with Gasteiger partial charge in [-0.15, -0.1) is 11.3 Å². The molecular weight excluding hydrogens is 310 g/mol. The molecule has 0 saturated carbocycles. The van der Waals surface area contributed by atoms with E-state index in [1.807, 2.05) is 12.3 Å². The van der Waals surface area contributed by atoms with Gasteiger partial charge in [0.15, 0.2) is 0 Å². The molecule has 2 rings (SSSR count). The molecule has 21 heavy (non-hydrogen) atoms. The van der Waals surface area contributed by atoms with Crippen molar-refractivity contribution in [3.63, 3.8) is 0 Å². The number of hydrogen-bond donors (Lipinski definition) is 2. The predicted molar refractivity (Wildman–Crippen MR) is 81.6 cm³/mol. The van der Waals surface area contributed by atoms with Crippen molar-refractivity contribution in [3.8, 4) is 0 Å². The molecule has 0 atom stereocenters. The summed E-state index contributed by atoms with van der Waals surface area (Å²) in [5.41, 5.74) is 0.886. The highest BCUT2D eigenvalue weighted by atomic mass is 32.2. The quantitative estimate of drug-likeness (QED) is 0.724. The number of aryl methyl sites for hydroxylation is 1. The summed E-state index contributed by atoms with van der Waals surface area (Å²) >= 11 is 1.43. The van der Waals surface area contributed by atoms with E-state index in [9.17, 15) is 8.42 Å². The summed E-state index contributed by atoms with van der Waals surface area (Å²) in [4.78, 5) is 4.21. The zero-order valence-electron chi connectivity index (χ0n) is 12.0. The van der Waals surface area contributed by atoms with Gasteiger partial charge >= 0.3 is 0 Å². The molecule has 0 aliphatic heterocycles. The van der Waals surface area contributed by atoms with Gasteiger partial charge in [0.05, 0.1) is 13.1 Å². The maximum Gasteiger partial charge on any atom is 0.274 e. The highest BCUT2D eigenvalue weighted by molar-refractivity contribution is 7.89. The van der Waals surface area contributed by atoms with E-state index >= 15 is 0 Å². The topological polar surface area (TPSA) is 84.2 Å². The molecule has 0 spiro atoms. The summed E-state index contributed by atoms with van der Waals surface area (Å²) in [6.07, 6.45) is 1.01. The average Bonchev–Trinajstić information content (AvgIpc) is 3.06. The van der Waals surface area contributed by atoms with Crippen LogP contribution >= 0.6 is 11.3 Å². The van der Waals surface area contributed by atoms with Crippen molar-refractivity contribution in [3.05, 3.63) is 34.0 Å². The third-order valence-corrected chi connectivity index (χ3v) is 4.95. The Labute approximate surface area is 128 Å². The van der Waals surface area contributed by atoms with Crippen LogP contribution in [0.5, 0.6) is 0 Å². The number of rotatable bonds is 8. The summed E-state index contributed by atoms with van der Waals surface area (Å²) < 4.78 is 32.1. The van der Waals surface area contributed by atoms with Crippen molar-refractivity contribution in [2.24, 2.45) is 0 Å². The van der Waals surface area contributed by atoms with Crippen molar-refractivity contribution < 1.29 is 12.8 Å². The van der Waals surface area contributed by atoms with E-state index in [1.165, 1.54) is 17.4 Å². The van der Waals surface area contributed by atoms with Crippen LogP contribution in [0.15, 0.2) is 27.0 Å². The Morgan fingerprint density at radius 3 is 2.81 bits per heavy atom. The molecule has 8 heteroatoms. The van der Waals surface area contributed by atoms with Crippen LogP contribution < -0.4 is 10.0 Å². The molecule has 0 aliphatic rings. The van der Waals surface area contributed by atoms with E-state index in [0.29, 0.717) is 12.3 Å². The largest absolute Gasteiger partial charge is 0.447 e. The third kappa shape index (κ3) is 4.63. The Hall–Kier alpha value is -1.22. The summed E-state index contributed by atoms with van der Waals surface area (Å²) in [5, 5.41) is 5.71. The van der Waals surface area contributed by atoms with Gasteiger partial charge in [-0.25, -0.2) is 18.1 Å². The van der Waals surface area contributed by atoms with Crippen LogP contribution in [0.3, 0.4) is 0 Å². The van der Waals surface area contributed by atoms with Gasteiger partial charge in [-0.1, -0.05) is 6.92 Å². The third-order valence-electron chi connectivity index (χ3n) is 2.71. The van der Waals surface area contributed by atoms with Crippen LogP contribution in [0.25, 0.3) is 0 Å². The molecule has 2 aromatic heterocycles. The van der Waals surface area contributed by atoms with Crippen LogP contribution in [-0.4, -0.2) is 19.9 Å². The highest BCUT2D eigenvalue weighted by Crippen LogP contribution is 2.15. The van der Waals surface area contributed by atoms with Crippen molar-refractivity contribution >= 4 is 21.4 Å². The van der Waals surface area contributed by atoms with Gasteiger partial charge in [0.1, 0.15) is 10.8 Å². The van der Waals surface area contributed by atoms with Gasteiger partial charge in [-0.2, -0.15) is 0 Å². The lowest BCUT2D eigenvalue weighted by molar-refractivity contribution is 0.400. The summed E-state index contributed by atoms with van der Waals surface area (Å²) in [7, 11) is -3.64. The smallest absolute Gasteiger partial charge is 0.274 e. The van der Waals surface area contributed by atoms with E-state index in [1.54, 1.807) is 6.07 Å². The summed E-state index contributed by atoms with van der Waals surface area (Å²) in [6, 6.07) is 3.14. The normalized spacial score (nSPS) is 11.9. The average molecular weight is 329 g/mol. The van der Waals surface area contributed by atoms with Crippen molar-refractivity contribution in [1.29, 1.82) is 0 Å². The number of nitrogens with one attached hydrogen (secondary N) is 2. The Morgan fingerprint density at radius 1 is 1.33 bits per heavy atom. The fourth-order valence-corrected chi connectivity index (χ4v) is 3.43. The molecule has 0 amide bonds. The van der Waals surface area contributed by atoms with Crippen LogP contribution in [0.2, 0.25) is 0 Å². The van der Waals surface area contributed by atoms with Gasteiger partial charge in [-0.3, -0.25) is 0 Å². The van der Waals surface area contributed by atoms with Crippen LogP contribution in [-0.2, 0) is 23.1 Å². The van der Waals surface area contributed by atoms with E-state index in [4.69, 9.17) is 4.42 Å². The predicted octanol–water partition coefficient (Wildman–Crippen LogP) is 2.02.